The highest BCUT2D eigenvalue weighted by Gasteiger charge is 2.06. The van der Waals surface area contributed by atoms with Crippen molar-refractivity contribution in [2.24, 2.45) is 0 Å². The van der Waals surface area contributed by atoms with Gasteiger partial charge in [-0.25, -0.2) is 0 Å². The number of phenols is 2. The molecular weight excluding hydrogens is 176 g/mol. The van der Waals surface area contributed by atoms with Gasteiger partial charge in [0, 0.05) is 10.8 Å². The first-order valence-electron chi connectivity index (χ1n) is 4.30. The minimum Gasteiger partial charge on any atom is -0.507 e. The largest absolute Gasteiger partial charge is 0.507 e. The zero-order valence-corrected chi connectivity index (χ0v) is 7.57. The second-order valence-corrected chi connectivity index (χ2v) is 3.08. The van der Waals surface area contributed by atoms with Crippen LogP contribution in [0.2, 0.25) is 0 Å². The lowest BCUT2D eigenvalue weighted by atomic mass is 10.0. The third-order valence-electron chi connectivity index (χ3n) is 2.25. The van der Waals surface area contributed by atoms with Gasteiger partial charge < -0.3 is 10.2 Å². The normalized spacial score (nSPS) is 10.3. The van der Waals surface area contributed by atoms with E-state index in [-0.39, 0.29) is 11.5 Å². The van der Waals surface area contributed by atoms with Crippen LogP contribution in [0, 0.1) is 0 Å². The Morgan fingerprint density at radius 2 is 1.71 bits per heavy atom. The van der Waals surface area contributed by atoms with E-state index in [0.29, 0.717) is 10.8 Å². The van der Waals surface area contributed by atoms with Crippen LogP contribution in [-0.2, 0) is 0 Å². The van der Waals surface area contributed by atoms with Gasteiger partial charge in [0.1, 0.15) is 11.5 Å². The van der Waals surface area contributed by atoms with Gasteiger partial charge in [0.05, 0.1) is 0 Å². The third-order valence-corrected chi connectivity index (χ3v) is 2.25. The van der Waals surface area contributed by atoms with Crippen LogP contribution in [0.15, 0.2) is 36.9 Å². The maximum Gasteiger partial charge on any atom is 0.124 e. The molecule has 70 valence electrons. The summed E-state index contributed by atoms with van der Waals surface area (Å²) in [6.45, 7) is 3.66. The van der Waals surface area contributed by atoms with Crippen LogP contribution in [0.1, 0.15) is 5.56 Å². The van der Waals surface area contributed by atoms with Crippen LogP contribution < -0.4 is 0 Å². The van der Waals surface area contributed by atoms with Crippen molar-refractivity contribution in [3.05, 3.63) is 42.5 Å². The van der Waals surface area contributed by atoms with Gasteiger partial charge in [-0.3, -0.25) is 0 Å². The Morgan fingerprint density at radius 1 is 1.00 bits per heavy atom. The van der Waals surface area contributed by atoms with Gasteiger partial charge in [-0.05, 0) is 17.7 Å². The highest BCUT2D eigenvalue weighted by atomic mass is 16.3. The van der Waals surface area contributed by atoms with Gasteiger partial charge in [0.2, 0.25) is 0 Å². The number of aromatic hydroxyl groups is 2. The molecule has 0 heterocycles. The Labute approximate surface area is 81.7 Å². The second-order valence-electron chi connectivity index (χ2n) is 3.08. The Balaban J connectivity index is 2.99. The highest BCUT2D eigenvalue weighted by molar-refractivity contribution is 5.98. The monoisotopic (exact) mass is 186 g/mol. The maximum atomic E-state index is 9.65. The molecule has 2 rings (SSSR count). The molecule has 0 aromatic heterocycles. The zero-order valence-electron chi connectivity index (χ0n) is 7.57. The van der Waals surface area contributed by atoms with Crippen molar-refractivity contribution < 1.29 is 10.2 Å². The van der Waals surface area contributed by atoms with Crippen LogP contribution in [0.4, 0.5) is 0 Å². The first-order chi connectivity index (χ1) is 6.74. The average molecular weight is 186 g/mol. The van der Waals surface area contributed by atoms with E-state index in [2.05, 4.69) is 6.58 Å². The molecule has 0 amide bonds. The quantitative estimate of drug-likeness (QED) is 0.672. The van der Waals surface area contributed by atoms with E-state index in [1.807, 2.05) is 12.1 Å². The maximum absolute atomic E-state index is 9.65. The Hall–Kier alpha value is -1.96. The molecule has 2 nitrogen and oxygen atoms in total. The molecule has 2 aromatic carbocycles. The van der Waals surface area contributed by atoms with E-state index in [1.165, 1.54) is 12.1 Å². The van der Waals surface area contributed by atoms with E-state index >= 15 is 0 Å². The lowest BCUT2D eigenvalue weighted by Crippen LogP contribution is -1.79. The molecule has 2 N–H and O–H groups in total. The third kappa shape index (κ3) is 1.12. The Bertz CT molecular complexity index is 501. The summed E-state index contributed by atoms with van der Waals surface area (Å²) >= 11 is 0. The van der Waals surface area contributed by atoms with Gasteiger partial charge >= 0.3 is 0 Å². The van der Waals surface area contributed by atoms with Crippen molar-refractivity contribution in [1.29, 1.82) is 0 Å². The number of hydrogen-bond donors (Lipinski definition) is 2. The molecular formula is C12H10O2. The second kappa shape index (κ2) is 3.07. The minimum absolute atomic E-state index is 0.160. The minimum atomic E-state index is 0.160. The molecule has 0 aliphatic carbocycles. The predicted octanol–water partition coefficient (Wildman–Crippen LogP) is 2.89. The standard InChI is InChI=1S/C12H10O2/c1-2-8-4-3-5-9-10(13)6-7-11(14)12(8)9/h2-7,13-14H,1H2. The number of rotatable bonds is 1. The van der Waals surface area contributed by atoms with Crippen LogP contribution >= 0.6 is 0 Å². The molecule has 0 bridgehead atoms. The van der Waals surface area contributed by atoms with E-state index in [0.717, 1.165) is 5.56 Å². The van der Waals surface area contributed by atoms with E-state index in [1.54, 1.807) is 12.1 Å². The van der Waals surface area contributed by atoms with Crippen LogP contribution in [0.5, 0.6) is 11.5 Å². The van der Waals surface area contributed by atoms with E-state index < -0.39 is 0 Å². The van der Waals surface area contributed by atoms with Crippen LogP contribution in [-0.4, -0.2) is 10.2 Å². The fourth-order valence-corrected chi connectivity index (χ4v) is 1.57. The smallest absolute Gasteiger partial charge is 0.124 e. The number of hydrogen-bond acceptors (Lipinski definition) is 2. The number of phenolic OH excluding ortho intramolecular Hbond substituents is 2. The summed E-state index contributed by atoms with van der Waals surface area (Å²) in [4.78, 5) is 0. The van der Waals surface area contributed by atoms with Crippen LogP contribution in [0.25, 0.3) is 16.8 Å². The van der Waals surface area contributed by atoms with Gasteiger partial charge in [0.25, 0.3) is 0 Å². The van der Waals surface area contributed by atoms with Crippen molar-refractivity contribution in [3.63, 3.8) is 0 Å². The lowest BCUT2D eigenvalue weighted by molar-refractivity contribution is 0.469. The van der Waals surface area contributed by atoms with Crippen molar-refractivity contribution >= 4 is 16.8 Å². The molecule has 0 spiro atoms. The first-order valence-corrected chi connectivity index (χ1v) is 4.30. The lowest BCUT2D eigenvalue weighted by Gasteiger charge is -2.06. The SMILES string of the molecule is C=Cc1cccc2c(O)ccc(O)c12. The molecule has 0 aliphatic heterocycles. The van der Waals surface area contributed by atoms with Gasteiger partial charge in [0.15, 0.2) is 0 Å². The number of fused-ring (bicyclic) bond motifs is 1. The summed E-state index contributed by atoms with van der Waals surface area (Å²) in [5, 5.41) is 20.5. The fourth-order valence-electron chi connectivity index (χ4n) is 1.57. The summed E-state index contributed by atoms with van der Waals surface area (Å²) < 4.78 is 0. The van der Waals surface area contributed by atoms with Gasteiger partial charge in [-0.15, -0.1) is 0 Å². The molecule has 2 heteroatoms. The molecule has 0 saturated carbocycles. The topological polar surface area (TPSA) is 40.5 Å². The van der Waals surface area contributed by atoms with E-state index in [4.69, 9.17) is 0 Å². The van der Waals surface area contributed by atoms with Crippen molar-refractivity contribution in [2.75, 3.05) is 0 Å². The van der Waals surface area contributed by atoms with Crippen LogP contribution in [0.3, 0.4) is 0 Å². The molecule has 14 heavy (non-hydrogen) atoms. The summed E-state index contributed by atoms with van der Waals surface area (Å²) in [5.41, 5.74) is 0.816. The summed E-state index contributed by atoms with van der Waals surface area (Å²) in [6.07, 6.45) is 1.65. The molecule has 0 aliphatic rings. The molecule has 0 fully saturated rings. The fraction of sp³-hybridized carbons (Fsp3) is 0. The van der Waals surface area contributed by atoms with Gasteiger partial charge in [-0.2, -0.15) is 0 Å². The zero-order chi connectivity index (χ0) is 10.1. The highest BCUT2D eigenvalue weighted by Crippen LogP contribution is 2.34. The molecule has 0 saturated heterocycles. The van der Waals surface area contributed by atoms with Crippen molar-refractivity contribution in [2.45, 2.75) is 0 Å². The van der Waals surface area contributed by atoms with Crippen molar-refractivity contribution in [3.8, 4) is 11.5 Å². The number of benzene rings is 2. The summed E-state index contributed by atoms with van der Waals surface area (Å²) in [7, 11) is 0. The Kier molecular flexibility index (Phi) is 1.89. The summed E-state index contributed by atoms with van der Waals surface area (Å²) in [5.74, 6) is 0.329. The molecule has 2 aromatic rings. The van der Waals surface area contributed by atoms with E-state index in [9.17, 15) is 10.2 Å². The molecule has 0 radical (unpaired) electrons. The van der Waals surface area contributed by atoms with Crippen molar-refractivity contribution in [1.82, 2.24) is 0 Å². The Morgan fingerprint density at radius 3 is 2.43 bits per heavy atom. The molecule has 0 atom stereocenters. The molecule has 0 unspecified atom stereocenters. The first kappa shape index (κ1) is 8.63. The van der Waals surface area contributed by atoms with Gasteiger partial charge in [-0.1, -0.05) is 30.9 Å². The summed E-state index contributed by atoms with van der Waals surface area (Å²) in [6, 6.07) is 8.37. The average Bonchev–Trinajstić information content (AvgIpc) is 2.23. The predicted molar refractivity (Wildman–Crippen MR) is 57.4 cm³/mol.